The van der Waals surface area contributed by atoms with Crippen LogP contribution in [0.3, 0.4) is 0 Å². The van der Waals surface area contributed by atoms with Gasteiger partial charge in [-0.2, -0.15) is 0 Å². The number of nitrogens with zero attached hydrogens (tertiary/aromatic N) is 2. The summed E-state index contributed by atoms with van der Waals surface area (Å²) in [5.41, 5.74) is 2.76. The van der Waals surface area contributed by atoms with Crippen LogP contribution in [0.15, 0.2) is 54.6 Å². The third-order valence-electron chi connectivity index (χ3n) is 5.38. The van der Waals surface area contributed by atoms with Crippen LogP contribution in [0.25, 0.3) is 0 Å². The highest BCUT2D eigenvalue weighted by molar-refractivity contribution is 5.92. The maximum absolute atomic E-state index is 12.4. The van der Waals surface area contributed by atoms with E-state index in [2.05, 4.69) is 27.4 Å². The Balaban J connectivity index is 1.55. The van der Waals surface area contributed by atoms with E-state index < -0.39 is 18.0 Å². The van der Waals surface area contributed by atoms with E-state index in [0.717, 1.165) is 44.0 Å². The minimum absolute atomic E-state index is 0.365. The highest BCUT2D eigenvalue weighted by Gasteiger charge is 2.22. The van der Waals surface area contributed by atoms with E-state index in [1.165, 1.54) is 7.11 Å². The largest absolute Gasteiger partial charge is 0.467 e. The fraction of sp³-hybridized carbons (Fsp3) is 0.391. The van der Waals surface area contributed by atoms with Crippen molar-refractivity contribution in [3.05, 3.63) is 60.2 Å². The van der Waals surface area contributed by atoms with Crippen molar-refractivity contribution in [2.24, 2.45) is 0 Å². The lowest BCUT2D eigenvalue weighted by Crippen LogP contribution is -2.46. The van der Waals surface area contributed by atoms with Crippen LogP contribution in [0, 0.1) is 0 Å². The smallest absolute Gasteiger partial charge is 0.328 e. The van der Waals surface area contributed by atoms with Gasteiger partial charge < -0.3 is 25.2 Å². The van der Waals surface area contributed by atoms with Crippen LogP contribution in [0.5, 0.6) is 0 Å². The molecular formula is C23H30N4O3. The topological polar surface area (TPSA) is 73.9 Å². The van der Waals surface area contributed by atoms with Gasteiger partial charge in [-0.15, -0.1) is 0 Å². The van der Waals surface area contributed by atoms with Gasteiger partial charge in [0, 0.05) is 44.0 Å². The predicted octanol–water partition coefficient (Wildman–Crippen LogP) is 2.73. The Labute approximate surface area is 178 Å². The number of anilines is 2. The second-order valence-corrected chi connectivity index (χ2v) is 7.33. The summed E-state index contributed by atoms with van der Waals surface area (Å²) in [7, 11) is 1.32. The summed E-state index contributed by atoms with van der Waals surface area (Å²) in [6.07, 6.45) is 0.365. The Hall–Kier alpha value is -3.06. The number of nitrogens with one attached hydrogen (secondary N) is 2. The number of carbonyl (C=O) groups is 2. The summed E-state index contributed by atoms with van der Waals surface area (Å²) in [5, 5.41) is 5.51. The maximum atomic E-state index is 12.4. The van der Waals surface area contributed by atoms with Crippen LogP contribution in [0.1, 0.15) is 12.5 Å². The fourth-order valence-corrected chi connectivity index (χ4v) is 3.59. The zero-order chi connectivity index (χ0) is 21.3. The number of amides is 2. The SMILES string of the molecule is CCN1CCN(c2ccc(NC(=O)NC(Cc3ccccc3)C(=O)OC)cc2)CC1. The molecular weight excluding hydrogens is 380 g/mol. The van der Waals surface area contributed by atoms with Gasteiger partial charge in [0.05, 0.1) is 7.11 Å². The number of methoxy groups -OCH3 is 1. The fourth-order valence-electron chi connectivity index (χ4n) is 3.59. The average Bonchev–Trinajstić information content (AvgIpc) is 2.79. The first-order valence-electron chi connectivity index (χ1n) is 10.4. The van der Waals surface area contributed by atoms with Gasteiger partial charge in [0.25, 0.3) is 0 Å². The molecule has 0 saturated carbocycles. The van der Waals surface area contributed by atoms with Crippen molar-refractivity contribution in [2.45, 2.75) is 19.4 Å². The molecule has 0 radical (unpaired) electrons. The van der Waals surface area contributed by atoms with E-state index in [4.69, 9.17) is 4.74 Å². The van der Waals surface area contributed by atoms with Crippen molar-refractivity contribution in [2.75, 3.05) is 50.1 Å². The molecule has 30 heavy (non-hydrogen) atoms. The van der Waals surface area contributed by atoms with E-state index in [1.54, 1.807) is 0 Å². The minimum atomic E-state index is -0.758. The van der Waals surface area contributed by atoms with Crippen molar-refractivity contribution < 1.29 is 14.3 Å². The number of hydrogen-bond donors (Lipinski definition) is 2. The second-order valence-electron chi connectivity index (χ2n) is 7.33. The maximum Gasteiger partial charge on any atom is 0.328 e. The van der Waals surface area contributed by atoms with Crippen molar-refractivity contribution in [1.29, 1.82) is 0 Å². The van der Waals surface area contributed by atoms with E-state index in [9.17, 15) is 9.59 Å². The zero-order valence-corrected chi connectivity index (χ0v) is 17.6. The molecule has 160 valence electrons. The molecule has 1 unspecified atom stereocenters. The summed E-state index contributed by atoms with van der Waals surface area (Å²) < 4.78 is 4.84. The number of rotatable bonds is 7. The van der Waals surface area contributed by atoms with Crippen LogP contribution >= 0.6 is 0 Å². The Kier molecular flexibility index (Phi) is 7.68. The molecule has 1 atom stereocenters. The molecule has 7 heteroatoms. The Bertz CT molecular complexity index is 818. The van der Waals surface area contributed by atoms with Gasteiger partial charge in [-0.1, -0.05) is 37.3 Å². The summed E-state index contributed by atoms with van der Waals surface area (Å²) >= 11 is 0. The monoisotopic (exact) mass is 410 g/mol. The van der Waals surface area contributed by atoms with Crippen LogP contribution in [-0.4, -0.2) is 62.8 Å². The number of likely N-dealkylation sites (N-methyl/N-ethyl adjacent to an activating group) is 1. The Morgan fingerprint density at radius 3 is 2.27 bits per heavy atom. The molecule has 0 spiro atoms. The first kappa shape index (κ1) is 21.6. The summed E-state index contributed by atoms with van der Waals surface area (Å²) in [6, 6.07) is 16.1. The van der Waals surface area contributed by atoms with Crippen molar-refractivity contribution in [3.8, 4) is 0 Å². The summed E-state index contributed by atoms with van der Waals surface area (Å²) in [6.45, 7) is 7.40. The lowest BCUT2D eigenvalue weighted by atomic mass is 10.1. The molecule has 0 bridgehead atoms. The lowest BCUT2D eigenvalue weighted by molar-refractivity contribution is -0.142. The van der Waals surface area contributed by atoms with Gasteiger partial charge in [-0.05, 0) is 36.4 Å². The third kappa shape index (κ3) is 5.97. The molecule has 2 amide bonds. The molecule has 2 aromatic rings. The van der Waals surface area contributed by atoms with Crippen molar-refractivity contribution >= 4 is 23.4 Å². The van der Waals surface area contributed by atoms with Crippen molar-refractivity contribution in [3.63, 3.8) is 0 Å². The molecule has 7 nitrogen and oxygen atoms in total. The van der Waals surface area contributed by atoms with Crippen molar-refractivity contribution in [1.82, 2.24) is 10.2 Å². The lowest BCUT2D eigenvalue weighted by Gasteiger charge is -2.35. The molecule has 1 fully saturated rings. The average molecular weight is 411 g/mol. The van der Waals surface area contributed by atoms with E-state index in [-0.39, 0.29) is 0 Å². The summed E-state index contributed by atoms with van der Waals surface area (Å²) in [4.78, 5) is 29.3. The third-order valence-corrected chi connectivity index (χ3v) is 5.38. The number of hydrogen-bond acceptors (Lipinski definition) is 5. The molecule has 1 saturated heterocycles. The number of esters is 1. The van der Waals surface area contributed by atoms with Gasteiger partial charge >= 0.3 is 12.0 Å². The number of ether oxygens (including phenoxy) is 1. The number of carbonyl (C=O) groups excluding carboxylic acids is 2. The molecule has 3 rings (SSSR count). The van der Waals surface area contributed by atoms with E-state index >= 15 is 0 Å². The Morgan fingerprint density at radius 1 is 1.00 bits per heavy atom. The Morgan fingerprint density at radius 2 is 1.67 bits per heavy atom. The standard InChI is InChI=1S/C23H30N4O3/c1-3-26-13-15-27(16-14-26)20-11-9-19(10-12-20)24-23(29)25-21(22(28)30-2)17-18-7-5-4-6-8-18/h4-12,21H,3,13-17H2,1-2H3,(H2,24,25,29). The molecule has 2 aromatic carbocycles. The van der Waals surface area contributed by atoms with Crippen LogP contribution < -0.4 is 15.5 Å². The summed E-state index contributed by atoms with van der Waals surface area (Å²) in [5.74, 6) is -0.476. The van der Waals surface area contributed by atoms with Gasteiger partial charge in [0.1, 0.15) is 6.04 Å². The van der Waals surface area contributed by atoms with Crippen LogP contribution in [-0.2, 0) is 16.0 Å². The quantitative estimate of drug-likeness (QED) is 0.687. The number of urea groups is 1. The zero-order valence-electron chi connectivity index (χ0n) is 17.6. The van der Waals surface area contributed by atoms with Gasteiger partial charge in [-0.25, -0.2) is 9.59 Å². The van der Waals surface area contributed by atoms with Crippen LogP contribution in [0.2, 0.25) is 0 Å². The molecule has 1 heterocycles. The van der Waals surface area contributed by atoms with Gasteiger partial charge in [0.15, 0.2) is 0 Å². The molecule has 2 N–H and O–H groups in total. The number of piperazine rings is 1. The highest BCUT2D eigenvalue weighted by atomic mass is 16.5. The molecule has 1 aliphatic rings. The van der Waals surface area contributed by atoms with E-state index in [0.29, 0.717) is 12.1 Å². The molecule has 1 aliphatic heterocycles. The van der Waals surface area contributed by atoms with Gasteiger partial charge in [-0.3, -0.25) is 0 Å². The van der Waals surface area contributed by atoms with Crippen LogP contribution in [0.4, 0.5) is 16.2 Å². The van der Waals surface area contributed by atoms with Gasteiger partial charge in [0.2, 0.25) is 0 Å². The van der Waals surface area contributed by atoms with E-state index in [1.807, 2.05) is 54.6 Å². The number of benzene rings is 2. The molecule has 0 aromatic heterocycles. The second kappa shape index (κ2) is 10.6. The molecule has 0 aliphatic carbocycles. The first-order valence-corrected chi connectivity index (χ1v) is 10.4. The highest BCUT2D eigenvalue weighted by Crippen LogP contribution is 2.19. The minimum Gasteiger partial charge on any atom is -0.467 e. The normalized spacial score (nSPS) is 15.3. The predicted molar refractivity (Wildman–Crippen MR) is 119 cm³/mol. The first-order chi connectivity index (χ1) is 14.6.